The summed E-state index contributed by atoms with van der Waals surface area (Å²) in [4.78, 5) is 0. The number of nitrogens with two attached hydrogens (primary N) is 1. The fourth-order valence-corrected chi connectivity index (χ4v) is 2.10. The molecule has 0 unspecified atom stereocenters. The highest BCUT2D eigenvalue weighted by molar-refractivity contribution is 6.31. The fourth-order valence-electron chi connectivity index (χ4n) is 1.92. The maximum absolute atomic E-state index is 6.15. The van der Waals surface area contributed by atoms with Gasteiger partial charge < -0.3 is 10.5 Å². The van der Waals surface area contributed by atoms with Gasteiger partial charge in [0, 0.05) is 16.1 Å². The number of hydrogen-bond acceptors (Lipinski definition) is 2. The molecule has 0 fully saturated rings. The van der Waals surface area contributed by atoms with E-state index < -0.39 is 5.54 Å². The molecule has 0 radical (unpaired) electrons. The Bertz CT molecular complexity index is 558. The average Bonchev–Trinajstić information content (AvgIpc) is 2.26. The fraction of sp³-hybridized carbons (Fsp3) is 0.286. The topological polar surface area (TPSA) is 35.2 Å². The van der Waals surface area contributed by atoms with Crippen LogP contribution in [0.5, 0.6) is 5.75 Å². The highest BCUT2D eigenvalue weighted by atomic mass is 35.5. The molecule has 2 N–H and O–H groups in total. The summed E-state index contributed by atoms with van der Waals surface area (Å²) in [6.45, 7) is 3.92. The summed E-state index contributed by atoms with van der Waals surface area (Å²) in [6, 6.07) is 9.82. The molecule has 0 aliphatic heterocycles. The van der Waals surface area contributed by atoms with Crippen LogP contribution in [0.2, 0.25) is 5.02 Å². The van der Waals surface area contributed by atoms with Gasteiger partial charge in [0.05, 0.1) is 7.11 Å². The molecule has 0 heterocycles. The lowest BCUT2D eigenvalue weighted by Crippen LogP contribution is -2.29. The zero-order chi connectivity index (χ0) is 12.6. The van der Waals surface area contributed by atoms with Crippen LogP contribution < -0.4 is 10.5 Å². The van der Waals surface area contributed by atoms with Gasteiger partial charge in [0.2, 0.25) is 0 Å². The van der Waals surface area contributed by atoms with E-state index in [-0.39, 0.29) is 0 Å². The largest absolute Gasteiger partial charge is 0.496 e. The van der Waals surface area contributed by atoms with Gasteiger partial charge in [-0.3, -0.25) is 0 Å². The van der Waals surface area contributed by atoms with E-state index in [1.165, 1.54) is 0 Å². The summed E-state index contributed by atoms with van der Waals surface area (Å²) >= 11 is 6.00. The molecule has 0 aliphatic rings. The van der Waals surface area contributed by atoms with Crippen molar-refractivity contribution in [3.8, 4) is 5.75 Å². The molecule has 0 saturated carbocycles. The standard InChI is InChI=1S/C14H16ClNO/c1-14(2,16)12-7-10-6-11(15)5-4-9(10)8-13(12)17-3/h4-8H,16H2,1-3H3. The van der Waals surface area contributed by atoms with Gasteiger partial charge in [0.15, 0.2) is 0 Å². The van der Waals surface area contributed by atoms with Gasteiger partial charge in [-0.2, -0.15) is 0 Å². The third-order valence-corrected chi connectivity index (χ3v) is 3.05. The van der Waals surface area contributed by atoms with Crippen LogP contribution in [0, 0.1) is 0 Å². The molecule has 2 nitrogen and oxygen atoms in total. The van der Waals surface area contributed by atoms with Gasteiger partial charge in [-0.05, 0) is 48.9 Å². The Morgan fingerprint density at radius 3 is 2.41 bits per heavy atom. The van der Waals surface area contributed by atoms with Gasteiger partial charge in [-0.1, -0.05) is 17.7 Å². The predicted molar refractivity (Wildman–Crippen MR) is 72.7 cm³/mol. The van der Waals surface area contributed by atoms with E-state index in [4.69, 9.17) is 22.1 Å². The lowest BCUT2D eigenvalue weighted by Gasteiger charge is -2.22. The summed E-state index contributed by atoms with van der Waals surface area (Å²) in [5.41, 5.74) is 6.69. The molecule has 0 aromatic heterocycles. The van der Waals surface area contributed by atoms with Crippen molar-refractivity contribution in [3.63, 3.8) is 0 Å². The molecule has 0 amide bonds. The van der Waals surface area contributed by atoms with Crippen molar-refractivity contribution in [2.75, 3.05) is 7.11 Å². The molecule has 3 heteroatoms. The molecule has 0 bridgehead atoms. The van der Waals surface area contributed by atoms with E-state index >= 15 is 0 Å². The highest BCUT2D eigenvalue weighted by Gasteiger charge is 2.19. The Kier molecular flexibility index (Phi) is 3.02. The molecule has 2 aromatic rings. The van der Waals surface area contributed by atoms with E-state index in [1.54, 1.807) is 7.11 Å². The first kappa shape index (κ1) is 12.2. The van der Waals surface area contributed by atoms with E-state index in [9.17, 15) is 0 Å². The zero-order valence-electron chi connectivity index (χ0n) is 10.3. The molecule has 0 saturated heterocycles. The molecular formula is C14H16ClNO. The van der Waals surface area contributed by atoms with Crippen molar-refractivity contribution in [1.29, 1.82) is 0 Å². The summed E-state index contributed by atoms with van der Waals surface area (Å²) in [5.74, 6) is 0.812. The van der Waals surface area contributed by atoms with Crippen molar-refractivity contribution in [1.82, 2.24) is 0 Å². The third-order valence-electron chi connectivity index (χ3n) is 2.81. The number of rotatable bonds is 2. The second kappa shape index (κ2) is 4.21. The number of halogens is 1. The molecule has 2 aromatic carbocycles. The maximum Gasteiger partial charge on any atom is 0.124 e. The van der Waals surface area contributed by atoms with Gasteiger partial charge in [-0.15, -0.1) is 0 Å². The van der Waals surface area contributed by atoms with Crippen LogP contribution in [0.1, 0.15) is 19.4 Å². The minimum atomic E-state index is -0.443. The summed E-state index contributed by atoms with van der Waals surface area (Å²) < 4.78 is 5.40. The Labute approximate surface area is 106 Å². The van der Waals surface area contributed by atoms with Crippen LogP contribution in [0.15, 0.2) is 30.3 Å². The molecular weight excluding hydrogens is 234 g/mol. The van der Waals surface area contributed by atoms with Crippen molar-refractivity contribution < 1.29 is 4.74 Å². The van der Waals surface area contributed by atoms with E-state index in [2.05, 4.69) is 0 Å². The minimum absolute atomic E-state index is 0.443. The quantitative estimate of drug-likeness (QED) is 0.881. The average molecular weight is 250 g/mol. The second-order valence-electron chi connectivity index (χ2n) is 4.77. The zero-order valence-corrected chi connectivity index (χ0v) is 11.0. The van der Waals surface area contributed by atoms with Crippen molar-refractivity contribution in [2.24, 2.45) is 5.73 Å². The van der Waals surface area contributed by atoms with E-state index in [0.29, 0.717) is 0 Å². The molecule has 17 heavy (non-hydrogen) atoms. The number of hydrogen-bond donors (Lipinski definition) is 1. The predicted octanol–water partition coefficient (Wildman–Crippen LogP) is 3.70. The van der Waals surface area contributed by atoms with Gasteiger partial charge in [0.25, 0.3) is 0 Å². The van der Waals surface area contributed by atoms with E-state index in [1.807, 2.05) is 44.2 Å². The Morgan fingerprint density at radius 1 is 1.12 bits per heavy atom. The van der Waals surface area contributed by atoms with Crippen LogP contribution >= 0.6 is 11.6 Å². The van der Waals surface area contributed by atoms with Crippen molar-refractivity contribution in [2.45, 2.75) is 19.4 Å². The van der Waals surface area contributed by atoms with Gasteiger partial charge >= 0.3 is 0 Å². The normalized spacial score (nSPS) is 11.8. The van der Waals surface area contributed by atoms with E-state index in [0.717, 1.165) is 27.1 Å². The second-order valence-corrected chi connectivity index (χ2v) is 5.20. The first-order chi connectivity index (χ1) is 7.91. The van der Waals surface area contributed by atoms with Crippen molar-refractivity contribution >= 4 is 22.4 Å². The van der Waals surface area contributed by atoms with Crippen LogP contribution in [-0.4, -0.2) is 7.11 Å². The summed E-state index contributed by atoms with van der Waals surface area (Å²) in [6.07, 6.45) is 0. The summed E-state index contributed by atoms with van der Waals surface area (Å²) in [5, 5.41) is 2.90. The summed E-state index contributed by atoms with van der Waals surface area (Å²) in [7, 11) is 1.66. The minimum Gasteiger partial charge on any atom is -0.496 e. The highest BCUT2D eigenvalue weighted by Crippen LogP contribution is 2.33. The Hall–Kier alpha value is -1.25. The van der Waals surface area contributed by atoms with Gasteiger partial charge in [-0.25, -0.2) is 0 Å². The first-order valence-electron chi connectivity index (χ1n) is 5.48. The maximum atomic E-state index is 6.15. The Balaban J connectivity index is 2.74. The number of methoxy groups -OCH3 is 1. The Morgan fingerprint density at radius 2 is 1.82 bits per heavy atom. The monoisotopic (exact) mass is 249 g/mol. The van der Waals surface area contributed by atoms with Crippen LogP contribution in [0.3, 0.4) is 0 Å². The molecule has 2 rings (SSSR count). The first-order valence-corrected chi connectivity index (χ1v) is 5.86. The number of fused-ring (bicyclic) bond motifs is 1. The number of benzene rings is 2. The van der Waals surface area contributed by atoms with Crippen LogP contribution in [0.25, 0.3) is 10.8 Å². The van der Waals surface area contributed by atoms with Crippen molar-refractivity contribution in [3.05, 3.63) is 40.9 Å². The lowest BCUT2D eigenvalue weighted by atomic mass is 9.92. The smallest absolute Gasteiger partial charge is 0.124 e. The van der Waals surface area contributed by atoms with Gasteiger partial charge in [0.1, 0.15) is 5.75 Å². The number of ether oxygens (including phenoxy) is 1. The molecule has 0 aliphatic carbocycles. The van der Waals surface area contributed by atoms with Crippen LogP contribution in [0.4, 0.5) is 0 Å². The molecule has 0 atom stereocenters. The third kappa shape index (κ3) is 2.38. The lowest BCUT2D eigenvalue weighted by molar-refractivity contribution is 0.395. The van der Waals surface area contributed by atoms with Crippen LogP contribution in [-0.2, 0) is 5.54 Å². The SMILES string of the molecule is COc1cc2ccc(Cl)cc2cc1C(C)(C)N. The molecule has 90 valence electrons. The molecule has 0 spiro atoms.